The van der Waals surface area contributed by atoms with Crippen molar-refractivity contribution in [3.8, 4) is 0 Å². The summed E-state index contributed by atoms with van der Waals surface area (Å²) in [6.07, 6.45) is 15.2. The molecule has 0 atom stereocenters. The number of aromatic nitrogens is 3. The van der Waals surface area contributed by atoms with E-state index in [9.17, 15) is 14.4 Å². The van der Waals surface area contributed by atoms with Gasteiger partial charge in [0, 0.05) is 31.0 Å². The average molecular weight is 606 g/mol. The van der Waals surface area contributed by atoms with Crippen LogP contribution in [0.15, 0.2) is 73.0 Å². The van der Waals surface area contributed by atoms with Gasteiger partial charge >= 0.3 is 5.97 Å². The van der Waals surface area contributed by atoms with Crippen molar-refractivity contribution in [2.75, 3.05) is 19.8 Å². The summed E-state index contributed by atoms with van der Waals surface area (Å²) < 4.78 is 7.41. The van der Waals surface area contributed by atoms with Crippen molar-refractivity contribution >= 4 is 28.9 Å². The minimum absolute atomic E-state index is 0.00389. The van der Waals surface area contributed by atoms with Crippen molar-refractivity contribution in [3.63, 3.8) is 0 Å². The lowest BCUT2D eigenvalue weighted by Gasteiger charge is -2.29. The average Bonchev–Trinajstić information content (AvgIpc) is 3.38. The van der Waals surface area contributed by atoms with E-state index in [1.807, 2.05) is 71.9 Å². The maximum Gasteiger partial charge on any atom is 0.311 e. The number of hydrogen-bond donors (Lipinski definition) is 1. The number of nitrogens with one attached hydrogen (secondary N) is 1. The second kappa shape index (κ2) is 17.1. The third kappa shape index (κ3) is 9.09. The molecule has 10 heteroatoms. The Labute approximate surface area is 261 Å². The third-order valence-corrected chi connectivity index (χ3v) is 7.43. The lowest BCUT2D eigenvalue weighted by Crippen LogP contribution is -2.34. The zero-order valence-corrected chi connectivity index (χ0v) is 27.2. The molecule has 0 aromatic carbocycles. The number of hydroxylamine groups is 1. The van der Waals surface area contributed by atoms with E-state index < -0.39 is 5.41 Å². The highest BCUT2D eigenvalue weighted by atomic mass is 16.6. The van der Waals surface area contributed by atoms with Gasteiger partial charge in [-0.15, -0.1) is 5.10 Å². The van der Waals surface area contributed by atoms with Gasteiger partial charge in [0.1, 0.15) is 5.69 Å². The van der Waals surface area contributed by atoms with Gasteiger partial charge in [-0.3, -0.25) is 19.2 Å². The zero-order valence-electron chi connectivity index (χ0n) is 27.2. The first-order chi connectivity index (χ1) is 20.9. The molecule has 44 heavy (non-hydrogen) atoms. The fourth-order valence-electron chi connectivity index (χ4n) is 4.35. The number of fused-ring (bicyclic) bond motifs is 1. The van der Waals surface area contributed by atoms with Crippen LogP contribution in [0, 0.1) is 11.3 Å². The molecular weight excluding hydrogens is 558 g/mol. The van der Waals surface area contributed by atoms with Gasteiger partial charge in [-0.05, 0) is 45.3 Å². The van der Waals surface area contributed by atoms with Gasteiger partial charge in [-0.25, -0.2) is 10.2 Å². The van der Waals surface area contributed by atoms with Crippen LogP contribution in [-0.2, 0) is 30.5 Å². The number of aryl methyl sites for hydroxylation is 1. The molecule has 0 unspecified atom stereocenters. The van der Waals surface area contributed by atoms with Crippen molar-refractivity contribution in [3.05, 3.63) is 84.4 Å². The van der Waals surface area contributed by atoms with Crippen LogP contribution >= 0.6 is 0 Å². The van der Waals surface area contributed by atoms with E-state index in [1.54, 1.807) is 27.8 Å². The zero-order chi connectivity index (χ0) is 32.9. The first-order valence-electron chi connectivity index (χ1n) is 14.9. The Kier molecular flexibility index (Phi) is 13.9. The number of allylic oxidation sites excluding steroid dienone is 9. The lowest BCUT2D eigenvalue weighted by atomic mass is 9.81. The van der Waals surface area contributed by atoms with E-state index in [0.29, 0.717) is 30.1 Å². The van der Waals surface area contributed by atoms with Gasteiger partial charge in [0.15, 0.2) is 0 Å². The minimum Gasteiger partial charge on any atom is -0.465 e. The lowest BCUT2D eigenvalue weighted by molar-refractivity contribution is -0.156. The molecule has 1 aliphatic rings. The molecular formula is C34H47N5O5. The number of carbonyl (C=O) groups excluding carboxylic acids is 3. The molecule has 0 bridgehead atoms. The first kappa shape index (κ1) is 35.9. The van der Waals surface area contributed by atoms with E-state index in [2.05, 4.69) is 29.0 Å². The number of rotatable bonds is 15. The molecule has 1 aromatic heterocycles. The number of amides is 2. The van der Waals surface area contributed by atoms with Gasteiger partial charge in [0.25, 0.3) is 0 Å². The summed E-state index contributed by atoms with van der Waals surface area (Å²) in [6, 6.07) is 0. The van der Waals surface area contributed by atoms with E-state index in [-0.39, 0.29) is 49.9 Å². The smallest absolute Gasteiger partial charge is 0.311 e. The minimum atomic E-state index is -0.589. The summed E-state index contributed by atoms with van der Waals surface area (Å²) in [5.74, 6) is -0.658. The summed E-state index contributed by atoms with van der Waals surface area (Å²) >= 11 is 0. The third-order valence-electron chi connectivity index (χ3n) is 7.43. The number of esters is 1. The van der Waals surface area contributed by atoms with Crippen LogP contribution in [0.2, 0.25) is 0 Å². The summed E-state index contributed by atoms with van der Waals surface area (Å²) in [7, 11) is 0. The highest BCUT2D eigenvalue weighted by molar-refractivity contribution is 5.92. The Hall–Kier alpha value is -4.31. The van der Waals surface area contributed by atoms with Gasteiger partial charge in [0.05, 0.1) is 43.0 Å². The molecule has 1 N–H and O–H groups in total. The highest BCUT2D eigenvalue weighted by Gasteiger charge is 2.33. The fraction of sp³-hybridized carbons (Fsp3) is 0.441. The number of nitrogens with zero attached hydrogens (tertiary/aromatic N) is 4. The number of hydrogen-bond acceptors (Lipinski definition) is 7. The largest absolute Gasteiger partial charge is 0.465 e. The number of ether oxygens (including phenoxy) is 1. The molecule has 0 fully saturated rings. The Bertz CT molecular complexity index is 1370. The van der Waals surface area contributed by atoms with Crippen LogP contribution in [0.25, 0.3) is 11.1 Å². The fourth-order valence-corrected chi connectivity index (χ4v) is 4.35. The maximum absolute atomic E-state index is 13.8. The van der Waals surface area contributed by atoms with Crippen molar-refractivity contribution in [1.82, 2.24) is 25.4 Å². The normalized spacial score (nSPS) is 17.7. The second-order valence-corrected chi connectivity index (χ2v) is 11.1. The van der Waals surface area contributed by atoms with E-state index in [1.165, 1.54) is 6.92 Å². The molecule has 2 heterocycles. The molecule has 2 rings (SSSR count). The van der Waals surface area contributed by atoms with Crippen LogP contribution in [-0.4, -0.2) is 57.4 Å². The van der Waals surface area contributed by atoms with E-state index >= 15 is 0 Å². The predicted octanol–water partition coefficient (Wildman–Crippen LogP) is 5.74. The quantitative estimate of drug-likeness (QED) is 0.117. The Morgan fingerprint density at radius 3 is 2.36 bits per heavy atom. The standard InChI is InChI=1S/C34H47N5O5/c1-10-14-18-26-23-38(30(41)19-22-44-36-25(7)40)29(17-12-3)28(16-11-2)32-31(27(26)13-4)35-37-39(32)20-15-21-43-33(42)34(8,9)24(5)6/h10-14,16-18,24H,1,4,15,19-23H2,2-3,5-9H3,(H,36,40)/b16-11-,17-12-,18-14-,27-26-,29-28-. The predicted molar refractivity (Wildman–Crippen MR) is 173 cm³/mol. The Morgan fingerprint density at radius 2 is 1.77 bits per heavy atom. The molecule has 10 nitrogen and oxygen atoms in total. The Morgan fingerprint density at radius 1 is 1.07 bits per heavy atom. The summed E-state index contributed by atoms with van der Waals surface area (Å²) in [5.41, 5.74) is 5.91. The summed E-state index contributed by atoms with van der Waals surface area (Å²) in [4.78, 5) is 44.5. The van der Waals surface area contributed by atoms with Gasteiger partial charge in [-0.2, -0.15) is 0 Å². The van der Waals surface area contributed by atoms with Crippen molar-refractivity contribution < 1.29 is 24.0 Å². The van der Waals surface area contributed by atoms with Crippen LogP contribution in [0.3, 0.4) is 0 Å². The maximum atomic E-state index is 13.8. The topological polar surface area (TPSA) is 116 Å². The molecule has 238 valence electrons. The molecule has 0 saturated heterocycles. The van der Waals surface area contributed by atoms with Gasteiger partial charge < -0.3 is 9.64 Å². The first-order valence-corrected chi connectivity index (χ1v) is 14.9. The summed E-state index contributed by atoms with van der Waals surface area (Å²) in [5, 5.41) is 9.09. The summed E-state index contributed by atoms with van der Waals surface area (Å²) in [6.45, 7) is 21.6. The van der Waals surface area contributed by atoms with Crippen LogP contribution < -0.4 is 5.48 Å². The molecule has 0 aliphatic carbocycles. The second-order valence-electron chi connectivity index (χ2n) is 11.1. The molecule has 0 saturated carbocycles. The van der Waals surface area contributed by atoms with Crippen molar-refractivity contribution in [1.29, 1.82) is 0 Å². The molecule has 1 aliphatic heterocycles. The number of carbonyl (C=O) groups is 3. The van der Waals surface area contributed by atoms with Crippen LogP contribution in [0.4, 0.5) is 0 Å². The monoisotopic (exact) mass is 605 g/mol. The van der Waals surface area contributed by atoms with Gasteiger partial charge in [-0.1, -0.05) is 74.8 Å². The van der Waals surface area contributed by atoms with Crippen LogP contribution in [0.1, 0.15) is 72.7 Å². The van der Waals surface area contributed by atoms with Crippen molar-refractivity contribution in [2.24, 2.45) is 11.3 Å². The SMILES string of the molecule is C=C/C=C\C1=C(/C=C)c2nnn(CCCOC(=O)C(C)(C)C(C)C)c2C(/C=C\C)=C(/C=C\C)N(C(=O)CCONC(C)=O)C1. The van der Waals surface area contributed by atoms with Gasteiger partial charge in [0.2, 0.25) is 11.8 Å². The highest BCUT2D eigenvalue weighted by Crippen LogP contribution is 2.35. The van der Waals surface area contributed by atoms with Crippen LogP contribution in [0.5, 0.6) is 0 Å². The molecule has 0 radical (unpaired) electrons. The Balaban J connectivity index is 2.65. The van der Waals surface area contributed by atoms with E-state index in [0.717, 1.165) is 16.7 Å². The van der Waals surface area contributed by atoms with E-state index in [4.69, 9.17) is 9.57 Å². The van der Waals surface area contributed by atoms with Crippen molar-refractivity contribution in [2.45, 2.75) is 67.9 Å². The molecule has 0 spiro atoms. The molecule has 1 aromatic rings. The molecule has 2 amide bonds.